The summed E-state index contributed by atoms with van der Waals surface area (Å²) in [5.74, 6) is 0.420. The van der Waals surface area contributed by atoms with Crippen LogP contribution in [0.25, 0.3) is 0 Å². The van der Waals surface area contributed by atoms with Gasteiger partial charge in [0.05, 0.1) is 6.10 Å². The standard InChI is InChI=1S/C12H22O/c1-2-12(13)11-9-7-5-3-4-6-8-10-11/h7,9,11-13H,2-6,8,10H2,1H3/b9-7-/t11-,12+/m1/s1. The maximum Gasteiger partial charge on any atom is 0.0600 e. The fourth-order valence-corrected chi connectivity index (χ4v) is 1.99. The zero-order valence-electron chi connectivity index (χ0n) is 8.71. The second-order valence-corrected chi connectivity index (χ2v) is 4.06. The number of allylic oxidation sites excluding steroid dienone is 1. The Balaban J connectivity index is 2.43. The molecule has 0 amide bonds. The highest BCUT2D eigenvalue weighted by Crippen LogP contribution is 2.20. The van der Waals surface area contributed by atoms with Gasteiger partial charge in [0, 0.05) is 5.92 Å². The van der Waals surface area contributed by atoms with Crippen molar-refractivity contribution in [3.8, 4) is 0 Å². The Morgan fingerprint density at radius 3 is 2.85 bits per heavy atom. The first-order valence-corrected chi connectivity index (χ1v) is 5.69. The molecule has 0 bridgehead atoms. The summed E-state index contributed by atoms with van der Waals surface area (Å²) in [6.45, 7) is 2.06. The van der Waals surface area contributed by atoms with Crippen molar-refractivity contribution in [1.29, 1.82) is 0 Å². The first-order valence-electron chi connectivity index (χ1n) is 5.69. The normalized spacial score (nSPS) is 29.8. The van der Waals surface area contributed by atoms with Gasteiger partial charge < -0.3 is 5.11 Å². The summed E-state index contributed by atoms with van der Waals surface area (Å²) >= 11 is 0. The van der Waals surface area contributed by atoms with Crippen LogP contribution in [0.1, 0.15) is 51.9 Å². The third-order valence-corrected chi connectivity index (χ3v) is 2.95. The Hall–Kier alpha value is -0.300. The van der Waals surface area contributed by atoms with E-state index in [1.165, 1.54) is 38.5 Å². The molecule has 0 radical (unpaired) electrons. The van der Waals surface area contributed by atoms with E-state index in [1.807, 2.05) is 0 Å². The van der Waals surface area contributed by atoms with E-state index in [0.29, 0.717) is 5.92 Å². The topological polar surface area (TPSA) is 20.2 Å². The summed E-state index contributed by atoms with van der Waals surface area (Å²) in [4.78, 5) is 0. The second-order valence-electron chi connectivity index (χ2n) is 4.06. The Kier molecular flexibility index (Phi) is 5.14. The van der Waals surface area contributed by atoms with Crippen LogP contribution in [0.5, 0.6) is 0 Å². The number of rotatable bonds is 2. The van der Waals surface area contributed by atoms with Gasteiger partial charge in [-0.15, -0.1) is 0 Å². The van der Waals surface area contributed by atoms with Crippen LogP contribution in [-0.4, -0.2) is 11.2 Å². The molecule has 0 heterocycles. The SMILES string of the molecule is CC[C@H](O)[C@@H]1/C=C\CCCCCC1. The lowest BCUT2D eigenvalue weighted by atomic mass is 9.94. The Morgan fingerprint density at radius 2 is 2.08 bits per heavy atom. The number of hydrogen-bond acceptors (Lipinski definition) is 1. The molecule has 76 valence electrons. The first kappa shape index (κ1) is 10.8. The summed E-state index contributed by atoms with van der Waals surface area (Å²) in [5, 5.41) is 9.74. The van der Waals surface area contributed by atoms with E-state index < -0.39 is 0 Å². The maximum absolute atomic E-state index is 9.74. The molecule has 0 saturated heterocycles. The Labute approximate surface area is 81.9 Å². The predicted molar refractivity (Wildman–Crippen MR) is 56.6 cm³/mol. The lowest BCUT2D eigenvalue weighted by Gasteiger charge is -2.17. The quantitative estimate of drug-likeness (QED) is 0.650. The summed E-state index contributed by atoms with van der Waals surface area (Å²) in [5.41, 5.74) is 0. The van der Waals surface area contributed by atoms with E-state index in [1.54, 1.807) is 0 Å². The highest BCUT2D eigenvalue weighted by atomic mass is 16.3. The first-order chi connectivity index (χ1) is 6.34. The monoisotopic (exact) mass is 182 g/mol. The van der Waals surface area contributed by atoms with Crippen LogP contribution >= 0.6 is 0 Å². The molecule has 1 rings (SSSR count). The van der Waals surface area contributed by atoms with Crippen molar-refractivity contribution >= 4 is 0 Å². The molecule has 0 aromatic carbocycles. The van der Waals surface area contributed by atoms with Crippen LogP contribution in [0.3, 0.4) is 0 Å². The van der Waals surface area contributed by atoms with E-state index in [2.05, 4.69) is 19.1 Å². The average Bonchev–Trinajstić information content (AvgIpc) is 2.29. The zero-order valence-corrected chi connectivity index (χ0v) is 8.71. The fourth-order valence-electron chi connectivity index (χ4n) is 1.99. The van der Waals surface area contributed by atoms with Crippen molar-refractivity contribution in [1.82, 2.24) is 0 Å². The van der Waals surface area contributed by atoms with E-state index in [0.717, 1.165) is 6.42 Å². The summed E-state index contributed by atoms with van der Waals surface area (Å²) in [6.07, 6.45) is 12.9. The second kappa shape index (κ2) is 6.20. The smallest absolute Gasteiger partial charge is 0.0600 e. The van der Waals surface area contributed by atoms with Gasteiger partial charge in [-0.25, -0.2) is 0 Å². The van der Waals surface area contributed by atoms with E-state index in [4.69, 9.17) is 0 Å². The highest BCUT2D eigenvalue weighted by Gasteiger charge is 2.14. The molecule has 1 nitrogen and oxygen atoms in total. The van der Waals surface area contributed by atoms with Gasteiger partial charge in [0.25, 0.3) is 0 Å². The van der Waals surface area contributed by atoms with Crippen molar-refractivity contribution in [2.75, 3.05) is 0 Å². The van der Waals surface area contributed by atoms with Crippen molar-refractivity contribution < 1.29 is 5.11 Å². The molecule has 1 N–H and O–H groups in total. The maximum atomic E-state index is 9.74. The van der Waals surface area contributed by atoms with Gasteiger partial charge in [-0.2, -0.15) is 0 Å². The highest BCUT2D eigenvalue weighted by molar-refractivity contribution is 4.92. The Morgan fingerprint density at radius 1 is 1.31 bits per heavy atom. The van der Waals surface area contributed by atoms with Crippen LogP contribution in [0.4, 0.5) is 0 Å². The molecule has 0 saturated carbocycles. The Bertz CT molecular complexity index is 151. The van der Waals surface area contributed by atoms with Gasteiger partial charge in [-0.1, -0.05) is 38.3 Å². The van der Waals surface area contributed by atoms with Crippen molar-refractivity contribution in [3.63, 3.8) is 0 Å². The van der Waals surface area contributed by atoms with E-state index >= 15 is 0 Å². The predicted octanol–water partition coefficient (Wildman–Crippen LogP) is 3.28. The van der Waals surface area contributed by atoms with Crippen LogP contribution in [-0.2, 0) is 0 Å². The van der Waals surface area contributed by atoms with Crippen molar-refractivity contribution in [3.05, 3.63) is 12.2 Å². The van der Waals surface area contributed by atoms with Gasteiger partial charge in [-0.3, -0.25) is 0 Å². The van der Waals surface area contributed by atoms with Gasteiger partial charge in [0.15, 0.2) is 0 Å². The molecule has 13 heavy (non-hydrogen) atoms. The third kappa shape index (κ3) is 3.95. The average molecular weight is 182 g/mol. The third-order valence-electron chi connectivity index (χ3n) is 2.95. The number of hydrogen-bond donors (Lipinski definition) is 1. The lowest BCUT2D eigenvalue weighted by molar-refractivity contribution is 0.120. The molecule has 0 unspecified atom stereocenters. The molecular formula is C12H22O. The van der Waals surface area contributed by atoms with Gasteiger partial charge >= 0.3 is 0 Å². The van der Waals surface area contributed by atoms with Crippen molar-refractivity contribution in [2.24, 2.45) is 5.92 Å². The molecule has 0 aromatic heterocycles. The van der Waals surface area contributed by atoms with Crippen LogP contribution in [0.2, 0.25) is 0 Å². The molecule has 1 heteroatoms. The van der Waals surface area contributed by atoms with Gasteiger partial charge in [0.1, 0.15) is 0 Å². The summed E-state index contributed by atoms with van der Waals surface area (Å²) in [7, 11) is 0. The number of aliphatic hydroxyl groups is 1. The molecule has 2 atom stereocenters. The molecule has 0 spiro atoms. The summed E-state index contributed by atoms with van der Waals surface area (Å²) < 4.78 is 0. The van der Waals surface area contributed by atoms with Crippen LogP contribution in [0, 0.1) is 5.92 Å². The lowest BCUT2D eigenvalue weighted by Crippen LogP contribution is -2.17. The minimum atomic E-state index is -0.116. The molecular weight excluding hydrogens is 160 g/mol. The van der Waals surface area contributed by atoms with Crippen LogP contribution in [0.15, 0.2) is 12.2 Å². The summed E-state index contributed by atoms with van der Waals surface area (Å²) in [6, 6.07) is 0. The molecule has 0 fully saturated rings. The minimum Gasteiger partial charge on any atom is -0.393 e. The van der Waals surface area contributed by atoms with Gasteiger partial charge in [0.2, 0.25) is 0 Å². The van der Waals surface area contributed by atoms with Crippen molar-refractivity contribution in [2.45, 2.75) is 58.0 Å². The van der Waals surface area contributed by atoms with E-state index in [9.17, 15) is 5.11 Å². The largest absolute Gasteiger partial charge is 0.393 e. The minimum absolute atomic E-state index is 0.116. The fraction of sp³-hybridized carbons (Fsp3) is 0.833. The zero-order chi connectivity index (χ0) is 9.52. The molecule has 0 aliphatic heterocycles. The van der Waals surface area contributed by atoms with Crippen LogP contribution < -0.4 is 0 Å². The molecule has 1 aliphatic rings. The van der Waals surface area contributed by atoms with Gasteiger partial charge in [-0.05, 0) is 25.7 Å². The number of aliphatic hydroxyl groups excluding tert-OH is 1. The van der Waals surface area contributed by atoms with E-state index in [-0.39, 0.29) is 6.10 Å². The molecule has 1 aliphatic carbocycles. The molecule has 0 aromatic rings.